The smallest absolute Gasteiger partial charge is 0.307 e. The van der Waals surface area contributed by atoms with E-state index in [1.807, 2.05) is 6.07 Å². The number of nitrogens with one attached hydrogen (secondary N) is 2. The van der Waals surface area contributed by atoms with Crippen molar-refractivity contribution in [2.45, 2.75) is 31.0 Å². The van der Waals surface area contributed by atoms with Crippen LogP contribution in [-0.2, 0) is 16.2 Å². The summed E-state index contributed by atoms with van der Waals surface area (Å²) >= 11 is 0. The molecule has 0 radical (unpaired) electrons. The SMILES string of the molecule is CS(=O)(=O)Nc1cccc(NC(=O)N2c3nc(-c4cccc(C(F)(F)F)c4)ccc3C3CCC32)c1. The fraction of sp³-hybridized carbons (Fsp3) is 0.250. The Morgan fingerprint density at radius 3 is 2.46 bits per heavy atom. The number of rotatable bonds is 4. The minimum Gasteiger partial charge on any atom is -0.307 e. The van der Waals surface area contributed by atoms with Crippen molar-refractivity contribution in [2.75, 3.05) is 21.2 Å². The molecule has 0 saturated heterocycles. The maximum absolute atomic E-state index is 13.3. The van der Waals surface area contributed by atoms with E-state index in [0.29, 0.717) is 28.5 Å². The second-order valence-electron chi connectivity index (χ2n) is 8.69. The predicted molar refractivity (Wildman–Crippen MR) is 127 cm³/mol. The molecule has 35 heavy (non-hydrogen) atoms. The van der Waals surface area contributed by atoms with Gasteiger partial charge in [0.2, 0.25) is 10.0 Å². The topological polar surface area (TPSA) is 91.4 Å². The molecule has 7 nitrogen and oxygen atoms in total. The summed E-state index contributed by atoms with van der Waals surface area (Å²) in [6.45, 7) is 0. The number of fused-ring (bicyclic) bond motifs is 3. The number of pyridine rings is 1. The maximum Gasteiger partial charge on any atom is 0.416 e. The lowest BCUT2D eigenvalue weighted by Crippen LogP contribution is -2.46. The molecular weight excluding hydrogens is 481 g/mol. The fourth-order valence-electron chi connectivity index (χ4n) is 4.57. The number of halogens is 3. The van der Waals surface area contributed by atoms with E-state index in [2.05, 4.69) is 15.0 Å². The number of sulfonamides is 1. The zero-order valence-electron chi connectivity index (χ0n) is 18.5. The number of urea groups is 1. The number of hydrogen-bond donors (Lipinski definition) is 2. The number of carbonyl (C=O) groups excluding carboxylic acids is 1. The van der Waals surface area contributed by atoms with Gasteiger partial charge in [-0.1, -0.05) is 24.3 Å². The van der Waals surface area contributed by atoms with Crippen LogP contribution in [0.3, 0.4) is 0 Å². The third kappa shape index (κ3) is 4.55. The lowest BCUT2D eigenvalue weighted by atomic mass is 9.78. The molecule has 3 aromatic rings. The molecule has 2 aromatic carbocycles. The quantitative estimate of drug-likeness (QED) is 0.497. The summed E-state index contributed by atoms with van der Waals surface area (Å²) in [5.41, 5.74) is 1.46. The van der Waals surface area contributed by atoms with Gasteiger partial charge in [0.1, 0.15) is 5.82 Å². The van der Waals surface area contributed by atoms with Crippen LogP contribution in [0.25, 0.3) is 11.3 Å². The lowest BCUT2D eigenvalue weighted by molar-refractivity contribution is -0.137. The molecular formula is C24H21F3N4O3S. The van der Waals surface area contributed by atoms with E-state index < -0.39 is 27.8 Å². The van der Waals surface area contributed by atoms with E-state index in [4.69, 9.17) is 0 Å². The van der Waals surface area contributed by atoms with Crippen LogP contribution in [-0.4, -0.2) is 31.7 Å². The van der Waals surface area contributed by atoms with Crippen molar-refractivity contribution in [1.82, 2.24) is 4.98 Å². The Hall–Kier alpha value is -3.60. The standard InChI is InChI=1S/C24H21F3N4O3S/c1-35(33,34)30-17-7-3-6-16(13-17)28-23(32)31-21-11-9-18(21)19-8-10-20(29-22(19)31)14-4-2-5-15(12-14)24(25,26)27/h2-8,10,12-13,18,21,30H,9,11H2,1H3,(H,28,32). The molecule has 2 unspecified atom stereocenters. The molecule has 1 fully saturated rings. The zero-order valence-corrected chi connectivity index (χ0v) is 19.3. The summed E-state index contributed by atoms with van der Waals surface area (Å²) in [6, 6.07) is 14.2. The molecule has 182 valence electrons. The van der Waals surface area contributed by atoms with E-state index in [1.165, 1.54) is 12.1 Å². The van der Waals surface area contributed by atoms with E-state index in [1.54, 1.807) is 35.2 Å². The monoisotopic (exact) mass is 502 g/mol. The first-order valence-corrected chi connectivity index (χ1v) is 12.8. The largest absolute Gasteiger partial charge is 0.416 e. The molecule has 1 saturated carbocycles. The predicted octanol–water partition coefficient (Wildman–Crippen LogP) is 5.44. The number of benzene rings is 2. The van der Waals surface area contributed by atoms with Crippen molar-refractivity contribution >= 4 is 33.2 Å². The Morgan fingerprint density at radius 1 is 1.03 bits per heavy atom. The summed E-state index contributed by atoms with van der Waals surface area (Å²) < 4.78 is 65.0. The van der Waals surface area contributed by atoms with Gasteiger partial charge in [-0.3, -0.25) is 9.62 Å². The molecule has 11 heteroatoms. The third-order valence-corrected chi connectivity index (χ3v) is 6.83. The minimum absolute atomic E-state index is 0.0911. The Bertz CT molecular complexity index is 1430. The Morgan fingerprint density at radius 2 is 1.77 bits per heavy atom. The molecule has 2 N–H and O–H groups in total. The summed E-state index contributed by atoms with van der Waals surface area (Å²) in [5.74, 6) is 0.548. The van der Waals surface area contributed by atoms with Crippen molar-refractivity contribution in [3.05, 3.63) is 71.8 Å². The Labute approximate surface area is 200 Å². The van der Waals surface area contributed by atoms with Crippen molar-refractivity contribution < 1.29 is 26.4 Å². The summed E-state index contributed by atoms with van der Waals surface area (Å²) in [6.07, 6.45) is -1.77. The van der Waals surface area contributed by atoms with Crippen molar-refractivity contribution in [3.63, 3.8) is 0 Å². The number of aromatic nitrogens is 1. The van der Waals surface area contributed by atoms with Gasteiger partial charge < -0.3 is 5.32 Å². The second kappa shape index (κ2) is 8.26. The van der Waals surface area contributed by atoms with Gasteiger partial charge >= 0.3 is 12.2 Å². The number of anilines is 3. The van der Waals surface area contributed by atoms with Crippen molar-refractivity contribution in [2.24, 2.45) is 0 Å². The average molecular weight is 503 g/mol. The summed E-state index contributed by atoms with van der Waals surface area (Å²) in [7, 11) is -3.48. The fourth-order valence-corrected chi connectivity index (χ4v) is 5.13. The average Bonchev–Trinajstić information content (AvgIpc) is 2.97. The Balaban J connectivity index is 1.45. The lowest BCUT2D eigenvalue weighted by Gasteiger charge is -2.35. The zero-order chi connectivity index (χ0) is 25.0. The molecule has 2 heterocycles. The van der Waals surface area contributed by atoms with Crippen LogP contribution >= 0.6 is 0 Å². The highest BCUT2D eigenvalue weighted by Gasteiger charge is 2.48. The van der Waals surface area contributed by atoms with Crippen molar-refractivity contribution in [1.29, 1.82) is 0 Å². The van der Waals surface area contributed by atoms with Crippen LogP contribution in [0.15, 0.2) is 60.7 Å². The van der Waals surface area contributed by atoms with E-state index >= 15 is 0 Å². The molecule has 1 aliphatic heterocycles. The maximum atomic E-state index is 13.3. The van der Waals surface area contributed by atoms with Crippen LogP contribution in [0.4, 0.5) is 35.2 Å². The van der Waals surface area contributed by atoms with Crippen LogP contribution in [0.5, 0.6) is 0 Å². The molecule has 0 bridgehead atoms. The number of nitrogens with zero attached hydrogens (tertiary/aromatic N) is 2. The first-order chi connectivity index (χ1) is 16.5. The van der Waals surface area contributed by atoms with Crippen LogP contribution in [0.2, 0.25) is 0 Å². The first-order valence-electron chi connectivity index (χ1n) is 10.9. The van der Waals surface area contributed by atoms with Crippen molar-refractivity contribution in [3.8, 4) is 11.3 Å². The van der Waals surface area contributed by atoms with Gasteiger partial charge in [0.15, 0.2) is 0 Å². The van der Waals surface area contributed by atoms with Gasteiger partial charge in [-0.2, -0.15) is 13.2 Å². The molecule has 5 rings (SSSR count). The highest BCUT2D eigenvalue weighted by molar-refractivity contribution is 7.92. The van der Waals surface area contributed by atoms with E-state index in [9.17, 15) is 26.4 Å². The molecule has 1 aromatic heterocycles. The van der Waals surface area contributed by atoms with Crippen LogP contribution in [0, 0.1) is 0 Å². The Kier molecular flexibility index (Phi) is 5.47. The second-order valence-corrected chi connectivity index (χ2v) is 10.4. The highest BCUT2D eigenvalue weighted by atomic mass is 32.2. The van der Waals surface area contributed by atoms with Gasteiger partial charge in [-0.25, -0.2) is 18.2 Å². The van der Waals surface area contributed by atoms with E-state index in [0.717, 1.165) is 36.8 Å². The molecule has 2 atom stereocenters. The highest BCUT2D eigenvalue weighted by Crippen LogP contribution is 2.51. The van der Waals surface area contributed by atoms with Gasteiger partial charge in [0.05, 0.1) is 23.2 Å². The first kappa shape index (κ1) is 23.2. The number of alkyl halides is 3. The van der Waals surface area contributed by atoms with Gasteiger partial charge in [-0.15, -0.1) is 0 Å². The summed E-state index contributed by atoms with van der Waals surface area (Å²) in [4.78, 5) is 19.4. The minimum atomic E-state index is -4.47. The number of carbonyl (C=O) groups is 1. The van der Waals surface area contributed by atoms with Gasteiger partial charge in [0.25, 0.3) is 0 Å². The molecule has 0 spiro atoms. The normalized spacial score (nSPS) is 18.9. The number of hydrogen-bond acceptors (Lipinski definition) is 4. The molecule has 1 aliphatic carbocycles. The van der Waals surface area contributed by atoms with Crippen LogP contribution in [0.1, 0.15) is 29.9 Å². The summed E-state index contributed by atoms with van der Waals surface area (Å²) in [5, 5.41) is 2.79. The third-order valence-electron chi connectivity index (χ3n) is 6.22. The van der Waals surface area contributed by atoms with Gasteiger partial charge in [0, 0.05) is 28.8 Å². The van der Waals surface area contributed by atoms with Gasteiger partial charge in [-0.05, 0) is 49.2 Å². The van der Waals surface area contributed by atoms with E-state index in [-0.39, 0.29) is 12.0 Å². The molecule has 2 aliphatic rings. The molecule has 2 amide bonds. The van der Waals surface area contributed by atoms with Crippen LogP contribution < -0.4 is 14.9 Å². The number of amides is 2.